The summed E-state index contributed by atoms with van der Waals surface area (Å²) in [5.41, 5.74) is 0.448. The summed E-state index contributed by atoms with van der Waals surface area (Å²) in [5, 5.41) is 8.66. The Morgan fingerprint density at radius 1 is 1.39 bits per heavy atom. The molecule has 0 aromatic heterocycles. The summed E-state index contributed by atoms with van der Waals surface area (Å²) in [6.45, 7) is 3.87. The summed E-state index contributed by atoms with van der Waals surface area (Å²) in [7, 11) is -3.49. The second kappa shape index (κ2) is 6.78. The maximum absolute atomic E-state index is 12.0. The van der Waals surface area contributed by atoms with Crippen LogP contribution >= 0.6 is 11.8 Å². The molecule has 1 atom stereocenters. The number of nitrogens with one attached hydrogen (secondary N) is 1. The molecule has 0 spiro atoms. The lowest BCUT2D eigenvalue weighted by Crippen LogP contribution is -2.34. The summed E-state index contributed by atoms with van der Waals surface area (Å²) in [6, 6.07) is 7.73. The molecule has 1 unspecified atom stereocenters. The average molecular weight is 284 g/mol. The summed E-state index contributed by atoms with van der Waals surface area (Å²) in [5.74, 6) is 1.70. The number of nitrogens with zero attached hydrogens (tertiary/aromatic N) is 1. The van der Waals surface area contributed by atoms with Crippen LogP contribution in [-0.2, 0) is 10.0 Å². The van der Waals surface area contributed by atoms with Crippen LogP contribution in [0.1, 0.15) is 19.4 Å². The van der Waals surface area contributed by atoms with Gasteiger partial charge in [0, 0.05) is 11.8 Å². The Hall–Kier alpha value is -1.03. The fraction of sp³-hybridized carbons (Fsp3) is 0.417. The molecule has 1 aromatic carbocycles. The summed E-state index contributed by atoms with van der Waals surface area (Å²) >= 11 is 1.69. The number of thioether (sulfide) groups is 1. The monoisotopic (exact) mass is 284 g/mol. The van der Waals surface area contributed by atoms with E-state index >= 15 is 0 Å². The molecule has 0 saturated heterocycles. The zero-order valence-electron chi connectivity index (χ0n) is 10.4. The van der Waals surface area contributed by atoms with E-state index in [2.05, 4.69) is 4.72 Å². The predicted octanol–water partition coefficient (Wildman–Crippen LogP) is 1.98. The lowest BCUT2D eigenvalue weighted by molar-refractivity contribution is 0.571. The van der Waals surface area contributed by atoms with Gasteiger partial charge in [-0.2, -0.15) is 17.0 Å². The standard InChI is InChI=1S/C12H16N2O2S2/c1-3-17-9-10(2)14-18(15,16)12-6-4-11(8-13)5-7-12/h4-7,10,14H,3,9H2,1-2H3. The molecule has 6 heteroatoms. The molecule has 1 N–H and O–H groups in total. The van der Waals surface area contributed by atoms with Crippen molar-refractivity contribution in [1.29, 1.82) is 5.26 Å². The first-order valence-corrected chi connectivity index (χ1v) is 8.23. The molecule has 1 aromatic rings. The van der Waals surface area contributed by atoms with Crippen molar-refractivity contribution in [3.8, 4) is 6.07 Å². The normalized spacial score (nSPS) is 12.9. The van der Waals surface area contributed by atoms with Crippen LogP contribution in [0.3, 0.4) is 0 Å². The van der Waals surface area contributed by atoms with Crippen LogP contribution in [0.15, 0.2) is 29.2 Å². The van der Waals surface area contributed by atoms with Crippen molar-refractivity contribution >= 4 is 21.8 Å². The second-order valence-electron chi connectivity index (χ2n) is 3.82. The molecule has 0 aliphatic heterocycles. The first-order chi connectivity index (χ1) is 8.49. The minimum absolute atomic E-state index is 0.115. The van der Waals surface area contributed by atoms with Crippen molar-refractivity contribution in [2.45, 2.75) is 24.8 Å². The van der Waals surface area contributed by atoms with Crippen LogP contribution in [0.2, 0.25) is 0 Å². The maximum Gasteiger partial charge on any atom is 0.240 e. The van der Waals surface area contributed by atoms with Crippen molar-refractivity contribution in [2.75, 3.05) is 11.5 Å². The minimum Gasteiger partial charge on any atom is -0.208 e. The molecule has 1 rings (SSSR count). The van der Waals surface area contributed by atoms with Gasteiger partial charge in [-0.05, 0) is 36.9 Å². The summed E-state index contributed by atoms with van der Waals surface area (Å²) in [6.07, 6.45) is 0. The van der Waals surface area contributed by atoms with Crippen molar-refractivity contribution in [3.63, 3.8) is 0 Å². The van der Waals surface area contributed by atoms with Crippen LogP contribution in [0, 0.1) is 11.3 Å². The molecular formula is C12H16N2O2S2. The smallest absolute Gasteiger partial charge is 0.208 e. The SMILES string of the molecule is CCSCC(C)NS(=O)(=O)c1ccc(C#N)cc1. The van der Waals surface area contributed by atoms with Gasteiger partial charge in [-0.25, -0.2) is 13.1 Å². The number of hydrogen-bond acceptors (Lipinski definition) is 4. The molecule has 0 radical (unpaired) electrons. The summed E-state index contributed by atoms with van der Waals surface area (Å²) < 4.78 is 26.6. The molecule has 0 aliphatic rings. The molecule has 0 amide bonds. The van der Waals surface area contributed by atoms with Crippen LogP contribution < -0.4 is 4.72 Å². The Labute approximate surface area is 112 Å². The first kappa shape index (κ1) is 15.0. The maximum atomic E-state index is 12.0. The number of benzene rings is 1. The second-order valence-corrected chi connectivity index (χ2v) is 6.85. The molecule has 0 aliphatic carbocycles. The van der Waals surface area contributed by atoms with Crippen LogP contribution in [0.25, 0.3) is 0 Å². The van der Waals surface area contributed by atoms with Gasteiger partial charge < -0.3 is 0 Å². The van der Waals surface area contributed by atoms with Crippen molar-refractivity contribution in [2.24, 2.45) is 0 Å². The minimum atomic E-state index is -3.49. The van der Waals surface area contributed by atoms with E-state index in [1.165, 1.54) is 24.3 Å². The highest BCUT2D eigenvalue weighted by molar-refractivity contribution is 7.99. The first-order valence-electron chi connectivity index (χ1n) is 5.60. The van der Waals surface area contributed by atoms with E-state index in [-0.39, 0.29) is 10.9 Å². The Kier molecular flexibility index (Phi) is 5.66. The lowest BCUT2D eigenvalue weighted by atomic mass is 10.2. The zero-order chi connectivity index (χ0) is 13.6. The third kappa shape index (κ3) is 4.33. The van der Waals surface area contributed by atoms with Gasteiger partial charge in [0.25, 0.3) is 0 Å². The van der Waals surface area contributed by atoms with E-state index in [1.54, 1.807) is 11.8 Å². The van der Waals surface area contributed by atoms with E-state index in [1.807, 2.05) is 19.9 Å². The van der Waals surface area contributed by atoms with Crippen LogP contribution in [0.5, 0.6) is 0 Å². The zero-order valence-corrected chi connectivity index (χ0v) is 12.0. The predicted molar refractivity (Wildman–Crippen MR) is 73.9 cm³/mol. The van der Waals surface area contributed by atoms with Gasteiger partial charge in [0.15, 0.2) is 0 Å². The van der Waals surface area contributed by atoms with Gasteiger partial charge in [0.05, 0.1) is 16.5 Å². The summed E-state index contributed by atoms with van der Waals surface area (Å²) in [4.78, 5) is 0.190. The fourth-order valence-corrected chi connectivity index (χ4v) is 3.39. The molecular weight excluding hydrogens is 268 g/mol. The Bertz CT molecular complexity index is 518. The third-order valence-electron chi connectivity index (χ3n) is 2.22. The number of sulfonamides is 1. The highest BCUT2D eigenvalue weighted by atomic mass is 32.2. The average Bonchev–Trinajstić information content (AvgIpc) is 2.36. The highest BCUT2D eigenvalue weighted by Crippen LogP contribution is 2.11. The quantitative estimate of drug-likeness (QED) is 0.867. The molecule has 18 heavy (non-hydrogen) atoms. The lowest BCUT2D eigenvalue weighted by Gasteiger charge is -2.13. The molecule has 0 heterocycles. The molecule has 98 valence electrons. The highest BCUT2D eigenvalue weighted by Gasteiger charge is 2.16. The Morgan fingerprint density at radius 3 is 2.50 bits per heavy atom. The van der Waals surface area contributed by atoms with E-state index in [9.17, 15) is 8.42 Å². The third-order valence-corrected chi connectivity index (χ3v) is 4.97. The van der Waals surface area contributed by atoms with Gasteiger partial charge in [-0.1, -0.05) is 6.92 Å². The van der Waals surface area contributed by atoms with Gasteiger partial charge in [-0.15, -0.1) is 0 Å². The number of rotatable bonds is 6. The number of nitriles is 1. The molecule has 0 fully saturated rings. The van der Waals surface area contributed by atoms with Crippen molar-refractivity contribution < 1.29 is 8.42 Å². The van der Waals surface area contributed by atoms with Gasteiger partial charge in [0.1, 0.15) is 0 Å². The van der Waals surface area contributed by atoms with Gasteiger partial charge in [-0.3, -0.25) is 0 Å². The molecule has 0 bridgehead atoms. The van der Waals surface area contributed by atoms with Gasteiger partial charge in [0.2, 0.25) is 10.0 Å². The van der Waals surface area contributed by atoms with E-state index in [4.69, 9.17) is 5.26 Å². The number of hydrogen-bond donors (Lipinski definition) is 1. The van der Waals surface area contributed by atoms with Crippen LogP contribution in [0.4, 0.5) is 0 Å². The van der Waals surface area contributed by atoms with E-state index in [0.29, 0.717) is 5.56 Å². The Balaban J connectivity index is 2.76. The van der Waals surface area contributed by atoms with Crippen LogP contribution in [-0.4, -0.2) is 26.0 Å². The topological polar surface area (TPSA) is 70.0 Å². The molecule has 4 nitrogen and oxygen atoms in total. The van der Waals surface area contributed by atoms with Crippen molar-refractivity contribution in [1.82, 2.24) is 4.72 Å². The molecule has 0 saturated carbocycles. The van der Waals surface area contributed by atoms with Crippen molar-refractivity contribution in [3.05, 3.63) is 29.8 Å². The van der Waals surface area contributed by atoms with E-state index < -0.39 is 10.0 Å². The van der Waals surface area contributed by atoms with Gasteiger partial charge >= 0.3 is 0 Å². The van der Waals surface area contributed by atoms with E-state index in [0.717, 1.165) is 11.5 Å². The Morgan fingerprint density at radius 2 is 2.00 bits per heavy atom. The fourth-order valence-electron chi connectivity index (χ4n) is 1.37. The largest absolute Gasteiger partial charge is 0.240 e.